The lowest BCUT2D eigenvalue weighted by molar-refractivity contribution is -0.137. The number of fused-ring (bicyclic) bond motifs is 2. The summed E-state index contributed by atoms with van der Waals surface area (Å²) in [5.74, 6) is -1.14. The third-order valence-electron chi connectivity index (χ3n) is 8.04. The highest BCUT2D eigenvalue weighted by Crippen LogP contribution is 2.35. The van der Waals surface area contributed by atoms with Crippen molar-refractivity contribution in [2.24, 2.45) is 0 Å². The number of carboxylic acids is 1. The third-order valence-corrected chi connectivity index (χ3v) is 8.04. The number of carbonyl (C=O) groups excluding carboxylic acids is 1. The lowest BCUT2D eigenvalue weighted by Crippen LogP contribution is -2.36. The first kappa shape index (κ1) is 25.6. The zero-order chi connectivity index (χ0) is 27.1. The second kappa shape index (κ2) is 10.0. The first-order valence-corrected chi connectivity index (χ1v) is 13.2. The van der Waals surface area contributed by atoms with E-state index in [1.165, 1.54) is 11.1 Å². The SMILES string of the molecule is CCn1nnc2c(C)c(C(CC(=O)O)c3ccc4c(c3)CN(C(=O)c3cc(C)c(C)cc3C)CC4)ccc21. The van der Waals surface area contributed by atoms with Crippen LogP contribution in [0.3, 0.4) is 0 Å². The van der Waals surface area contributed by atoms with Gasteiger partial charge in [-0.05, 0) is 97.7 Å². The van der Waals surface area contributed by atoms with Crippen LogP contribution in [0.2, 0.25) is 0 Å². The number of carbonyl (C=O) groups is 2. The first-order chi connectivity index (χ1) is 18.2. The van der Waals surface area contributed by atoms with Crippen molar-refractivity contribution in [2.45, 2.75) is 66.5 Å². The summed E-state index contributed by atoms with van der Waals surface area (Å²) in [6.45, 7) is 12.0. The zero-order valence-corrected chi connectivity index (χ0v) is 22.7. The molecule has 0 radical (unpaired) electrons. The molecular weight excluding hydrogens is 476 g/mol. The molecule has 0 saturated heterocycles. The summed E-state index contributed by atoms with van der Waals surface area (Å²) in [5, 5.41) is 18.4. The van der Waals surface area contributed by atoms with E-state index in [0.717, 1.165) is 62.9 Å². The van der Waals surface area contributed by atoms with Gasteiger partial charge in [-0.15, -0.1) is 5.10 Å². The van der Waals surface area contributed by atoms with E-state index < -0.39 is 5.97 Å². The number of benzene rings is 3. The highest BCUT2D eigenvalue weighted by atomic mass is 16.4. The lowest BCUT2D eigenvalue weighted by Gasteiger charge is -2.31. The van der Waals surface area contributed by atoms with E-state index in [4.69, 9.17) is 0 Å². The molecule has 0 fully saturated rings. The largest absolute Gasteiger partial charge is 0.481 e. The number of hydrogen-bond acceptors (Lipinski definition) is 4. The smallest absolute Gasteiger partial charge is 0.304 e. The number of rotatable bonds is 6. The summed E-state index contributed by atoms with van der Waals surface area (Å²) in [6, 6.07) is 14.3. The van der Waals surface area contributed by atoms with Gasteiger partial charge >= 0.3 is 5.97 Å². The van der Waals surface area contributed by atoms with Crippen LogP contribution in [0.1, 0.15) is 74.1 Å². The van der Waals surface area contributed by atoms with Gasteiger partial charge in [0.25, 0.3) is 5.91 Å². The third kappa shape index (κ3) is 4.57. The second-order valence-corrected chi connectivity index (χ2v) is 10.5. The van der Waals surface area contributed by atoms with Gasteiger partial charge in [0.15, 0.2) is 0 Å². The van der Waals surface area contributed by atoms with Crippen LogP contribution in [0, 0.1) is 27.7 Å². The molecule has 38 heavy (non-hydrogen) atoms. The fraction of sp³-hybridized carbons (Fsp3) is 0.355. The number of aromatic nitrogens is 3. The predicted octanol–water partition coefficient (Wildman–Crippen LogP) is 5.49. The molecule has 1 aromatic heterocycles. The van der Waals surface area contributed by atoms with E-state index in [2.05, 4.69) is 35.4 Å². The van der Waals surface area contributed by atoms with Crippen molar-refractivity contribution in [3.05, 3.63) is 92.5 Å². The predicted molar refractivity (Wildman–Crippen MR) is 148 cm³/mol. The Morgan fingerprint density at radius 3 is 2.47 bits per heavy atom. The molecule has 196 valence electrons. The van der Waals surface area contributed by atoms with Crippen molar-refractivity contribution in [1.29, 1.82) is 0 Å². The molecule has 0 saturated carbocycles. The molecule has 2 heterocycles. The Labute approximate surface area is 223 Å². The fourth-order valence-corrected chi connectivity index (χ4v) is 5.70. The van der Waals surface area contributed by atoms with Crippen LogP contribution in [0.4, 0.5) is 0 Å². The molecule has 1 atom stereocenters. The summed E-state index contributed by atoms with van der Waals surface area (Å²) in [6.07, 6.45) is 0.748. The molecule has 3 aromatic carbocycles. The van der Waals surface area contributed by atoms with Crippen molar-refractivity contribution < 1.29 is 14.7 Å². The maximum atomic E-state index is 13.5. The quantitative estimate of drug-likeness (QED) is 0.371. The van der Waals surface area contributed by atoms with Gasteiger partial charge in [0.1, 0.15) is 5.52 Å². The first-order valence-electron chi connectivity index (χ1n) is 13.2. The summed E-state index contributed by atoms with van der Waals surface area (Å²) < 4.78 is 1.85. The molecule has 1 amide bonds. The number of aryl methyl sites for hydroxylation is 5. The average molecular weight is 511 g/mol. The van der Waals surface area contributed by atoms with Crippen LogP contribution in [0.25, 0.3) is 11.0 Å². The van der Waals surface area contributed by atoms with Crippen LogP contribution in [0.5, 0.6) is 0 Å². The Hall–Kier alpha value is -4.00. The van der Waals surface area contributed by atoms with E-state index in [-0.39, 0.29) is 18.2 Å². The lowest BCUT2D eigenvalue weighted by atomic mass is 9.83. The van der Waals surface area contributed by atoms with Crippen molar-refractivity contribution in [1.82, 2.24) is 19.9 Å². The molecular formula is C31H34N4O3. The molecule has 1 aliphatic heterocycles. The Kier molecular flexibility index (Phi) is 6.78. The molecule has 7 heteroatoms. The van der Waals surface area contributed by atoms with Gasteiger partial charge in [-0.1, -0.05) is 35.5 Å². The monoisotopic (exact) mass is 510 g/mol. The van der Waals surface area contributed by atoms with E-state index in [1.807, 2.05) is 61.5 Å². The van der Waals surface area contributed by atoms with Crippen LogP contribution in [-0.4, -0.2) is 43.4 Å². The van der Waals surface area contributed by atoms with Gasteiger partial charge in [-0.25, -0.2) is 4.68 Å². The minimum Gasteiger partial charge on any atom is -0.481 e. The maximum Gasteiger partial charge on any atom is 0.304 e. The summed E-state index contributed by atoms with van der Waals surface area (Å²) in [5.41, 5.74) is 10.9. The van der Waals surface area contributed by atoms with E-state index in [0.29, 0.717) is 13.1 Å². The van der Waals surface area contributed by atoms with Gasteiger partial charge in [0, 0.05) is 31.1 Å². The normalized spacial score (nSPS) is 14.0. The molecule has 0 aliphatic carbocycles. The topological polar surface area (TPSA) is 88.3 Å². The van der Waals surface area contributed by atoms with E-state index >= 15 is 0 Å². The van der Waals surface area contributed by atoms with Gasteiger partial charge in [-0.3, -0.25) is 9.59 Å². The molecule has 7 nitrogen and oxygen atoms in total. The molecule has 1 unspecified atom stereocenters. The van der Waals surface area contributed by atoms with Gasteiger partial charge < -0.3 is 10.0 Å². The summed E-state index contributed by atoms with van der Waals surface area (Å²) in [4.78, 5) is 27.4. The van der Waals surface area contributed by atoms with Gasteiger partial charge in [0.2, 0.25) is 0 Å². The standard InChI is InChI=1S/C31H34N4O3/c1-6-35-28-10-9-25(21(5)30(28)32-33-35)27(16-29(36)37)23-8-7-22-11-12-34(17-24(22)15-23)31(38)26-14-19(3)18(2)13-20(26)4/h7-10,13-15,27H,6,11-12,16-17H2,1-5H3,(H,36,37). The fourth-order valence-electron chi connectivity index (χ4n) is 5.70. The minimum absolute atomic E-state index is 0.0302. The van der Waals surface area contributed by atoms with Crippen LogP contribution in [-0.2, 0) is 24.3 Å². The van der Waals surface area contributed by atoms with Crippen LogP contribution < -0.4 is 0 Å². The molecule has 4 aromatic rings. The Morgan fingerprint density at radius 1 is 0.974 bits per heavy atom. The van der Waals surface area contributed by atoms with Crippen LogP contribution in [0.15, 0.2) is 42.5 Å². The maximum absolute atomic E-state index is 13.5. The van der Waals surface area contributed by atoms with Crippen molar-refractivity contribution in [2.75, 3.05) is 6.54 Å². The van der Waals surface area contributed by atoms with Gasteiger partial charge in [0.05, 0.1) is 11.9 Å². The number of aliphatic carboxylic acids is 1. The molecule has 1 aliphatic rings. The Balaban J connectivity index is 1.50. The minimum atomic E-state index is -0.855. The highest BCUT2D eigenvalue weighted by molar-refractivity contribution is 5.96. The van der Waals surface area contributed by atoms with Gasteiger partial charge in [-0.2, -0.15) is 0 Å². The summed E-state index contributed by atoms with van der Waals surface area (Å²) in [7, 11) is 0. The molecule has 5 rings (SSSR count). The van der Waals surface area contributed by atoms with Crippen LogP contribution >= 0.6 is 0 Å². The van der Waals surface area contributed by atoms with Crippen molar-refractivity contribution in [3.63, 3.8) is 0 Å². The van der Waals surface area contributed by atoms with Crippen molar-refractivity contribution >= 4 is 22.9 Å². The zero-order valence-electron chi connectivity index (χ0n) is 22.7. The molecule has 0 spiro atoms. The van der Waals surface area contributed by atoms with E-state index in [9.17, 15) is 14.7 Å². The molecule has 0 bridgehead atoms. The number of carboxylic acid groups (broad SMARTS) is 1. The average Bonchev–Trinajstić information content (AvgIpc) is 3.33. The second-order valence-electron chi connectivity index (χ2n) is 10.5. The molecule has 1 N–H and O–H groups in total. The van der Waals surface area contributed by atoms with E-state index in [1.54, 1.807) is 0 Å². The number of nitrogens with zero attached hydrogens (tertiary/aromatic N) is 4. The summed E-state index contributed by atoms with van der Waals surface area (Å²) >= 11 is 0. The number of amides is 1. The Bertz CT molecular complexity index is 1570. The highest BCUT2D eigenvalue weighted by Gasteiger charge is 2.27. The van der Waals surface area contributed by atoms with Crippen molar-refractivity contribution in [3.8, 4) is 0 Å². The number of hydrogen-bond donors (Lipinski definition) is 1. The Morgan fingerprint density at radius 2 is 1.74 bits per heavy atom.